The minimum atomic E-state index is 0.00692. The van der Waals surface area contributed by atoms with Crippen molar-refractivity contribution < 1.29 is 0 Å². The standard InChI is InChI=1S/C18H14BrN/c1-18(2)15-5-3-4-11-9-20-10-14(17(11)15)13-7-6-12(19)8-16(13)18/h3-10H,1-2H3. The quantitative estimate of drug-likeness (QED) is 0.546. The van der Waals surface area contributed by atoms with Crippen LogP contribution >= 0.6 is 15.9 Å². The summed E-state index contributed by atoms with van der Waals surface area (Å²) in [5.74, 6) is 0. The Balaban J connectivity index is 2.25. The lowest BCUT2D eigenvalue weighted by molar-refractivity contribution is 0.644. The molecule has 1 heterocycles. The Bertz CT molecular complexity index is 844. The fourth-order valence-electron chi connectivity index (χ4n) is 3.37. The number of hydrogen-bond acceptors (Lipinski definition) is 1. The molecule has 0 aliphatic heterocycles. The van der Waals surface area contributed by atoms with Crippen LogP contribution in [-0.4, -0.2) is 4.98 Å². The van der Waals surface area contributed by atoms with E-state index in [4.69, 9.17) is 0 Å². The Kier molecular flexibility index (Phi) is 2.37. The second kappa shape index (κ2) is 3.92. The molecule has 3 aromatic rings. The van der Waals surface area contributed by atoms with Crippen molar-refractivity contribution in [1.29, 1.82) is 0 Å². The van der Waals surface area contributed by atoms with E-state index in [2.05, 4.69) is 71.2 Å². The molecule has 0 spiro atoms. The van der Waals surface area contributed by atoms with E-state index in [0.717, 1.165) is 4.47 Å². The summed E-state index contributed by atoms with van der Waals surface area (Å²) in [5, 5.41) is 2.57. The summed E-state index contributed by atoms with van der Waals surface area (Å²) >= 11 is 3.60. The highest BCUT2D eigenvalue weighted by Gasteiger charge is 2.33. The van der Waals surface area contributed by atoms with Crippen molar-refractivity contribution in [2.24, 2.45) is 0 Å². The predicted molar refractivity (Wildman–Crippen MR) is 87.0 cm³/mol. The number of fused-ring (bicyclic) bond motifs is 2. The third kappa shape index (κ3) is 1.46. The normalized spacial score (nSPS) is 15.2. The van der Waals surface area contributed by atoms with Crippen LogP contribution in [0.15, 0.2) is 53.3 Å². The van der Waals surface area contributed by atoms with Crippen LogP contribution in [0.2, 0.25) is 0 Å². The predicted octanol–water partition coefficient (Wildman–Crippen LogP) is 5.30. The van der Waals surface area contributed by atoms with Gasteiger partial charge in [0.25, 0.3) is 0 Å². The Hall–Kier alpha value is -1.67. The lowest BCUT2D eigenvalue weighted by atomic mass is 9.69. The zero-order chi connectivity index (χ0) is 13.9. The van der Waals surface area contributed by atoms with Crippen LogP contribution in [0.3, 0.4) is 0 Å². The summed E-state index contributed by atoms with van der Waals surface area (Å²) in [6, 6.07) is 13.1. The van der Waals surface area contributed by atoms with Crippen molar-refractivity contribution >= 4 is 26.7 Å². The molecule has 1 nitrogen and oxygen atoms in total. The molecule has 2 heteroatoms. The zero-order valence-electron chi connectivity index (χ0n) is 11.4. The van der Waals surface area contributed by atoms with Gasteiger partial charge in [-0.3, -0.25) is 4.98 Å². The second-order valence-electron chi connectivity index (χ2n) is 5.91. The Labute approximate surface area is 126 Å². The highest BCUT2D eigenvalue weighted by Crippen LogP contribution is 2.48. The van der Waals surface area contributed by atoms with E-state index in [1.807, 2.05) is 12.4 Å². The smallest absolute Gasteiger partial charge is 0.0353 e. The molecule has 2 aromatic carbocycles. The minimum absolute atomic E-state index is 0.00692. The van der Waals surface area contributed by atoms with Crippen LogP contribution < -0.4 is 0 Å². The molecule has 0 N–H and O–H groups in total. The summed E-state index contributed by atoms with van der Waals surface area (Å²) in [6.07, 6.45) is 3.95. The molecular formula is C18H14BrN. The number of rotatable bonds is 0. The van der Waals surface area contributed by atoms with Crippen LogP contribution in [0.4, 0.5) is 0 Å². The molecule has 98 valence electrons. The molecule has 0 amide bonds. The summed E-state index contributed by atoms with van der Waals surface area (Å²) < 4.78 is 1.13. The van der Waals surface area contributed by atoms with Crippen molar-refractivity contribution in [2.45, 2.75) is 19.3 Å². The monoisotopic (exact) mass is 323 g/mol. The molecule has 1 aliphatic carbocycles. The van der Waals surface area contributed by atoms with E-state index >= 15 is 0 Å². The number of nitrogens with zero attached hydrogens (tertiary/aromatic N) is 1. The van der Waals surface area contributed by atoms with Crippen LogP contribution in [0.1, 0.15) is 25.0 Å². The number of aromatic nitrogens is 1. The van der Waals surface area contributed by atoms with Crippen LogP contribution in [-0.2, 0) is 5.41 Å². The summed E-state index contributed by atoms with van der Waals surface area (Å²) in [4.78, 5) is 4.42. The number of benzene rings is 2. The molecule has 0 saturated carbocycles. The van der Waals surface area contributed by atoms with E-state index in [1.54, 1.807) is 0 Å². The van der Waals surface area contributed by atoms with Crippen LogP contribution in [0.5, 0.6) is 0 Å². The third-order valence-corrected chi connectivity index (χ3v) is 4.90. The van der Waals surface area contributed by atoms with E-state index < -0.39 is 0 Å². The maximum Gasteiger partial charge on any atom is 0.0353 e. The second-order valence-corrected chi connectivity index (χ2v) is 6.82. The van der Waals surface area contributed by atoms with Gasteiger partial charge in [0.05, 0.1) is 0 Å². The van der Waals surface area contributed by atoms with Gasteiger partial charge in [0.1, 0.15) is 0 Å². The van der Waals surface area contributed by atoms with Crippen molar-refractivity contribution in [3.05, 3.63) is 64.4 Å². The molecule has 0 fully saturated rings. The van der Waals surface area contributed by atoms with Gasteiger partial charge < -0.3 is 0 Å². The molecule has 0 atom stereocenters. The van der Waals surface area contributed by atoms with Gasteiger partial charge in [-0.25, -0.2) is 0 Å². The molecule has 4 rings (SSSR count). The first-order chi connectivity index (χ1) is 9.59. The minimum Gasteiger partial charge on any atom is -0.263 e. The average Bonchev–Trinajstić information content (AvgIpc) is 2.45. The maximum absolute atomic E-state index is 4.42. The van der Waals surface area contributed by atoms with E-state index in [1.165, 1.54) is 33.0 Å². The third-order valence-electron chi connectivity index (χ3n) is 4.40. The van der Waals surface area contributed by atoms with Gasteiger partial charge in [-0.2, -0.15) is 0 Å². The van der Waals surface area contributed by atoms with Crippen molar-refractivity contribution in [2.75, 3.05) is 0 Å². The molecule has 20 heavy (non-hydrogen) atoms. The van der Waals surface area contributed by atoms with Gasteiger partial charge in [-0.1, -0.05) is 54.0 Å². The SMILES string of the molecule is CC1(C)c2cc(Br)ccc2-c2cncc3cccc1c23. The molecule has 1 aromatic heterocycles. The highest BCUT2D eigenvalue weighted by atomic mass is 79.9. The fourth-order valence-corrected chi connectivity index (χ4v) is 3.73. The van der Waals surface area contributed by atoms with Crippen molar-refractivity contribution in [3.8, 4) is 11.1 Å². The molecule has 0 radical (unpaired) electrons. The molecule has 0 bridgehead atoms. The summed E-state index contributed by atoms with van der Waals surface area (Å²) in [6.45, 7) is 4.60. The van der Waals surface area contributed by atoms with Gasteiger partial charge >= 0.3 is 0 Å². The van der Waals surface area contributed by atoms with Crippen LogP contribution in [0, 0.1) is 0 Å². The highest BCUT2D eigenvalue weighted by molar-refractivity contribution is 9.10. The van der Waals surface area contributed by atoms with Crippen molar-refractivity contribution in [1.82, 2.24) is 4.98 Å². The van der Waals surface area contributed by atoms with Gasteiger partial charge in [0.15, 0.2) is 0 Å². The molecule has 0 unspecified atom stereocenters. The van der Waals surface area contributed by atoms with Crippen molar-refractivity contribution in [3.63, 3.8) is 0 Å². The summed E-state index contributed by atoms with van der Waals surface area (Å²) in [5.41, 5.74) is 5.31. The largest absolute Gasteiger partial charge is 0.263 e. The van der Waals surface area contributed by atoms with Gasteiger partial charge in [0, 0.05) is 33.2 Å². The lowest BCUT2D eigenvalue weighted by Crippen LogP contribution is -2.23. The maximum atomic E-state index is 4.42. The first-order valence-corrected chi connectivity index (χ1v) is 7.56. The molecule has 0 saturated heterocycles. The number of hydrogen-bond donors (Lipinski definition) is 0. The Morgan fingerprint density at radius 1 is 0.950 bits per heavy atom. The van der Waals surface area contributed by atoms with E-state index in [-0.39, 0.29) is 5.41 Å². The number of halogens is 1. The summed E-state index contributed by atoms with van der Waals surface area (Å²) in [7, 11) is 0. The first-order valence-electron chi connectivity index (χ1n) is 6.76. The van der Waals surface area contributed by atoms with Gasteiger partial charge in [-0.15, -0.1) is 0 Å². The zero-order valence-corrected chi connectivity index (χ0v) is 13.0. The average molecular weight is 324 g/mol. The fraction of sp³-hybridized carbons (Fsp3) is 0.167. The first kappa shape index (κ1) is 12.1. The topological polar surface area (TPSA) is 12.9 Å². The molecule has 1 aliphatic rings. The van der Waals surface area contributed by atoms with Crippen LogP contribution in [0.25, 0.3) is 21.9 Å². The number of pyridine rings is 1. The Morgan fingerprint density at radius 3 is 2.65 bits per heavy atom. The Morgan fingerprint density at radius 2 is 1.80 bits per heavy atom. The van der Waals surface area contributed by atoms with E-state index in [9.17, 15) is 0 Å². The van der Waals surface area contributed by atoms with Gasteiger partial charge in [0.2, 0.25) is 0 Å². The van der Waals surface area contributed by atoms with Gasteiger partial charge in [-0.05, 0) is 34.2 Å². The lowest BCUT2D eigenvalue weighted by Gasteiger charge is -2.35. The van der Waals surface area contributed by atoms with E-state index in [0.29, 0.717) is 0 Å². The molecular weight excluding hydrogens is 310 g/mol.